The minimum atomic E-state index is 0.472. The van der Waals surface area contributed by atoms with Crippen LogP contribution >= 0.6 is 11.6 Å². The van der Waals surface area contributed by atoms with Crippen LogP contribution in [0.3, 0.4) is 0 Å². The molecule has 0 spiro atoms. The molecule has 0 aliphatic rings. The van der Waals surface area contributed by atoms with Gasteiger partial charge in [-0.05, 0) is 13.0 Å². The number of nitrogens with zero attached hydrogens (tertiary/aromatic N) is 3. The first-order valence-electron chi connectivity index (χ1n) is 3.79. The molecule has 62 valence electrons. The Bertz CT molecular complexity index is 408. The summed E-state index contributed by atoms with van der Waals surface area (Å²) in [6.07, 6.45) is 3.65. The molecule has 0 saturated heterocycles. The van der Waals surface area contributed by atoms with Crippen LogP contribution in [0, 0.1) is 0 Å². The maximum Gasteiger partial charge on any atom is 0.157 e. The van der Waals surface area contributed by atoms with Gasteiger partial charge in [-0.15, -0.1) is 0 Å². The van der Waals surface area contributed by atoms with Gasteiger partial charge < -0.3 is 0 Å². The lowest BCUT2D eigenvalue weighted by molar-refractivity contribution is 0.668. The summed E-state index contributed by atoms with van der Waals surface area (Å²) in [5.74, 6) is 0. The van der Waals surface area contributed by atoms with Crippen molar-refractivity contribution in [3.63, 3.8) is 0 Å². The fourth-order valence-electron chi connectivity index (χ4n) is 1.13. The monoisotopic (exact) mass is 181 g/mol. The molecule has 0 amide bonds. The molecule has 0 N–H and O–H groups in total. The van der Waals surface area contributed by atoms with Crippen LogP contribution in [0.5, 0.6) is 0 Å². The van der Waals surface area contributed by atoms with Gasteiger partial charge in [0.15, 0.2) is 5.15 Å². The molecule has 12 heavy (non-hydrogen) atoms. The molecule has 0 unspecified atom stereocenters. The summed E-state index contributed by atoms with van der Waals surface area (Å²) in [6.45, 7) is 2.89. The number of hydrogen-bond donors (Lipinski definition) is 0. The summed E-state index contributed by atoms with van der Waals surface area (Å²) >= 11 is 5.84. The lowest BCUT2D eigenvalue weighted by atomic mass is 10.3. The van der Waals surface area contributed by atoms with Gasteiger partial charge in [0.05, 0.1) is 0 Å². The van der Waals surface area contributed by atoms with Crippen molar-refractivity contribution in [2.45, 2.75) is 13.5 Å². The fraction of sp³-hybridized carbons (Fsp3) is 0.250. The van der Waals surface area contributed by atoms with E-state index in [0.717, 1.165) is 17.4 Å². The number of fused-ring (bicyclic) bond motifs is 1. The van der Waals surface area contributed by atoms with Crippen molar-refractivity contribution in [3.8, 4) is 0 Å². The third kappa shape index (κ3) is 1.06. The Morgan fingerprint density at radius 1 is 1.58 bits per heavy atom. The summed E-state index contributed by atoms with van der Waals surface area (Å²) in [7, 11) is 0. The zero-order valence-corrected chi connectivity index (χ0v) is 7.41. The Kier molecular flexibility index (Phi) is 1.73. The lowest BCUT2D eigenvalue weighted by Gasteiger charge is -1.89. The molecule has 0 bridgehead atoms. The van der Waals surface area contributed by atoms with Crippen LogP contribution in [-0.2, 0) is 6.54 Å². The first-order chi connectivity index (χ1) is 5.81. The Hall–Kier alpha value is -1.09. The first kappa shape index (κ1) is 7.55. The smallest absolute Gasteiger partial charge is 0.157 e. The van der Waals surface area contributed by atoms with E-state index in [1.54, 1.807) is 6.20 Å². The normalized spacial score (nSPS) is 10.8. The molecule has 2 aromatic rings. The summed E-state index contributed by atoms with van der Waals surface area (Å²) in [6, 6.07) is 1.90. The van der Waals surface area contributed by atoms with Gasteiger partial charge in [-0.1, -0.05) is 11.6 Å². The van der Waals surface area contributed by atoms with Crippen LogP contribution in [0.1, 0.15) is 6.92 Å². The van der Waals surface area contributed by atoms with E-state index in [4.69, 9.17) is 11.6 Å². The third-order valence-corrected chi connectivity index (χ3v) is 2.03. The average Bonchev–Trinajstić information content (AvgIpc) is 2.49. The highest BCUT2D eigenvalue weighted by Gasteiger charge is 2.03. The molecule has 4 heteroatoms. The molecular formula is C8H8ClN3. The maximum atomic E-state index is 5.84. The SMILES string of the molecule is CCn1cc2ccnc(Cl)c2n1. The van der Waals surface area contributed by atoms with E-state index in [1.807, 2.05) is 23.9 Å². The molecule has 0 aliphatic heterocycles. The highest BCUT2D eigenvalue weighted by molar-refractivity contribution is 6.33. The Morgan fingerprint density at radius 3 is 3.08 bits per heavy atom. The van der Waals surface area contributed by atoms with Crippen molar-refractivity contribution in [1.29, 1.82) is 0 Å². The van der Waals surface area contributed by atoms with Gasteiger partial charge in [-0.3, -0.25) is 4.68 Å². The molecule has 0 atom stereocenters. The van der Waals surface area contributed by atoms with Gasteiger partial charge in [0.1, 0.15) is 5.52 Å². The number of aromatic nitrogens is 3. The lowest BCUT2D eigenvalue weighted by Crippen LogP contribution is -1.92. The number of hydrogen-bond acceptors (Lipinski definition) is 2. The van der Waals surface area contributed by atoms with Crippen molar-refractivity contribution in [2.24, 2.45) is 0 Å². The molecule has 2 rings (SSSR count). The van der Waals surface area contributed by atoms with Crippen molar-refractivity contribution in [2.75, 3.05) is 0 Å². The zero-order valence-electron chi connectivity index (χ0n) is 6.66. The fourth-order valence-corrected chi connectivity index (χ4v) is 1.33. The van der Waals surface area contributed by atoms with Crippen molar-refractivity contribution in [1.82, 2.24) is 14.8 Å². The number of aryl methyl sites for hydroxylation is 1. The molecule has 0 saturated carbocycles. The van der Waals surface area contributed by atoms with Crippen LogP contribution in [0.4, 0.5) is 0 Å². The number of rotatable bonds is 1. The summed E-state index contributed by atoms with van der Waals surface area (Å²) < 4.78 is 1.85. The Balaban J connectivity index is 2.74. The molecule has 0 aliphatic carbocycles. The van der Waals surface area contributed by atoms with E-state index >= 15 is 0 Å². The standard InChI is InChI=1S/C8H8ClN3/c1-2-12-5-6-3-4-10-8(9)7(6)11-12/h3-5H,2H2,1H3. The van der Waals surface area contributed by atoms with Gasteiger partial charge in [0.2, 0.25) is 0 Å². The minimum Gasteiger partial charge on any atom is -0.272 e. The molecule has 2 aromatic heterocycles. The van der Waals surface area contributed by atoms with E-state index in [2.05, 4.69) is 10.1 Å². The van der Waals surface area contributed by atoms with Crippen molar-refractivity contribution >= 4 is 22.5 Å². The summed E-state index contributed by atoms with van der Waals surface area (Å²) in [4.78, 5) is 3.94. The van der Waals surface area contributed by atoms with E-state index < -0.39 is 0 Å². The second kappa shape index (κ2) is 2.75. The summed E-state index contributed by atoms with van der Waals surface area (Å²) in [5, 5.41) is 5.76. The highest BCUT2D eigenvalue weighted by Crippen LogP contribution is 2.18. The highest BCUT2D eigenvalue weighted by atomic mass is 35.5. The van der Waals surface area contributed by atoms with Crippen LogP contribution in [0.15, 0.2) is 18.5 Å². The quantitative estimate of drug-likeness (QED) is 0.631. The van der Waals surface area contributed by atoms with Gasteiger partial charge in [-0.2, -0.15) is 5.10 Å². The van der Waals surface area contributed by atoms with E-state index in [-0.39, 0.29) is 0 Å². The topological polar surface area (TPSA) is 30.7 Å². The summed E-state index contributed by atoms with van der Waals surface area (Å²) in [5.41, 5.74) is 0.779. The van der Waals surface area contributed by atoms with Crippen LogP contribution < -0.4 is 0 Å². The second-order valence-electron chi connectivity index (χ2n) is 2.52. The molecular weight excluding hydrogens is 174 g/mol. The Morgan fingerprint density at radius 2 is 2.42 bits per heavy atom. The molecule has 0 aromatic carbocycles. The van der Waals surface area contributed by atoms with Crippen molar-refractivity contribution in [3.05, 3.63) is 23.6 Å². The van der Waals surface area contributed by atoms with Crippen LogP contribution in [-0.4, -0.2) is 14.8 Å². The van der Waals surface area contributed by atoms with E-state index in [0.29, 0.717) is 5.15 Å². The van der Waals surface area contributed by atoms with Crippen LogP contribution in [0.25, 0.3) is 10.9 Å². The maximum absolute atomic E-state index is 5.84. The minimum absolute atomic E-state index is 0.472. The zero-order chi connectivity index (χ0) is 8.55. The predicted molar refractivity (Wildman–Crippen MR) is 48.2 cm³/mol. The van der Waals surface area contributed by atoms with Gasteiger partial charge in [-0.25, -0.2) is 4.98 Å². The molecule has 2 heterocycles. The largest absolute Gasteiger partial charge is 0.272 e. The van der Waals surface area contributed by atoms with Crippen molar-refractivity contribution < 1.29 is 0 Å². The first-order valence-corrected chi connectivity index (χ1v) is 4.16. The van der Waals surface area contributed by atoms with Gasteiger partial charge >= 0.3 is 0 Å². The van der Waals surface area contributed by atoms with Gasteiger partial charge in [0, 0.05) is 24.3 Å². The van der Waals surface area contributed by atoms with E-state index in [1.165, 1.54) is 0 Å². The van der Waals surface area contributed by atoms with Gasteiger partial charge in [0.25, 0.3) is 0 Å². The number of pyridine rings is 1. The number of halogens is 1. The third-order valence-electron chi connectivity index (χ3n) is 1.75. The molecule has 0 radical (unpaired) electrons. The average molecular weight is 182 g/mol. The second-order valence-corrected chi connectivity index (χ2v) is 2.88. The Labute approximate surface area is 75.0 Å². The molecule has 0 fully saturated rings. The van der Waals surface area contributed by atoms with Crippen LogP contribution in [0.2, 0.25) is 5.15 Å². The molecule has 3 nitrogen and oxygen atoms in total. The van der Waals surface area contributed by atoms with E-state index in [9.17, 15) is 0 Å². The predicted octanol–water partition coefficient (Wildman–Crippen LogP) is 2.10.